The van der Waals surface area contributed by atoms with Gasteiger partial charge in [-0.1, -0.05) is 18.2 Å². The molecule has 1 aliphatic heterocycles. The number of nitrogens with zero attached hydrogens (tertiary/aromatic N) is 2. The molecule has 1 aromatic carbocycles. The molecule has 23 heavy (non-hydrogen) atoms. The Bertz CT molecular complexity index is 457. The highest BCUT2D eigenvalue weighted by molar-refractivity contribution is 5.78. The van der Waals surface area contributed by atoms with Crippen LogP contribution in [0.2, 0.25) is 0 Å². The zero-order chi connectivity index (χ0) is 16.5. The number of piperazine rings is 1. The van der Waals surface area contributed by atoms with Crippen LogP contribution in [0, 0.1) is 0 Å². The Morgan fingerprint density at radius 3 is 2.52 bits per heavy atom. The van der Waals surface area contributed by atoms with Gasteiger partial charge in [0.25, 0.3) is 0 Å². The average Bonchev–Trinajstić information content (AvgIpc) is 2.56. The van der Waals surface area contributed by atoms with E-state index in [1.54, 1.807) is 0 Å². The van der Waals surface area contributed by atoms with Gasteiger partial charge in [-0.2, -0.15) is 0 Å². The molecular formula is C18H29N3O2. The smallest absolute Gasteiger partial charge is 0.234 e. The summed E-state index contributed by atoms with van der Waals surface area (Å²) in [5.41, 5.74) is 1.27. The van der Waals surface area contributed by atoms with E-state index < -0.39 is 0 Å². The summed E-state index contributed by atoms with van der Waals surface area (Å²) < 4.78 is 5.46. The topological polar surface area (TPSA) is 44.8 Å². The van der Waals surface area contributed by atoms with Crippen LogP contribution in [0.5, 0.6) is 0 Å². The highest BCUT2D eigenvalue weighted by Crippen LogP contribution is 2.15. The highest BCUT2D eigenvalue weighted by Gasteiger charge is 2.18. The van der Waals surface area contributed by atoms with Gasteiger partial charge in [-0.15, -0.1) is 0 Å². The number of nitrogens with one attached hydrogen (secondary N) is 1. The van der Waals surface area contributed by atoms with Crippen molar-refractivity contribution in [1.29, 1.82) is 0 Å². The molecule has 1 aromatic rings. The zero-order valence-corrected chi connectivity index (χ0v) is 14.3. The summed E-state index contributed by atoms with van der Waals surface area (Å²) in [6, 6.07) is 10.5. The molecular weight excluding hydrogens is 290 g/mol. The average molecular weight is 319 g/mol. The van der Waals surface area contributed by atoms with Gasteiger partial charge in [0.1, 0.15) is 0 Å². The Morgan fingerprint density at radius 1 is 1.17 bits per heavy atom. The first-order valence-electron chi connectivity index (χ1n) is 8.56. The molecule has 1 amide bonds. The van der Waals surface area contributed by atoms with Crippen molar-refractivity contribution in [2.45, 2.75) is 26.4 Å². The lowest BCUT2D eigenvalue weighted by atomic mass is 10.2. The second-order valence-electron chi connectivity index (χ2n) is 6.22. The lowest BCUT2D eigenvalue weighted by Gasteiger charge is -2.35. The highest BCUT2D eigenvalue weighted by atomic mass is 16.5. The molecule has 0 bridgehead atoms. The number of benzene rings is 1. The number of rotatable bonds is 8. The van der Waals surface area contributed by atoms with Crippen LogP contribution in [0.1, 0.15) is 20.3 Å². The van der Waals surface area contributed by atoms with Crippen LogP contribution in [0.15, 0.2) is 30.3 Å². The van der Waals surface area contributed by atoms with E-state index in [1.807, 2.05) is 19.9 Å². The van der Waals surface area contributed by atoms with Crippen molar-refractivity contribution in [3.63, 3.8) is 0 Å². The third-order valence-corrected chi connectivity index (χ3v) is 3.96. The predicted molar refractivity (Wildman–Crippen MR) is 93.8 cm³/mol. The molecule has 1 N–H and O–H groups in total. The number of carbonyl (C=O) groups excluding carboxylic acids is 1. The normalized spacial score (nSPS) is 15.9. The first kappa shape index (κ1) is 17.8. The summed E-state index contributed by atoms with van der Waals surface area (Å²) >= 11 is 0. The molecule has 0 spiro atoms. The number of amides is 1. The van der Waals surface area contributed by atoms with Crippen molar-refractivity contribution in [1.82, 2.24) is 10.2 Å². The minimum atomic E-state index is 0.114. The number of ether oxygens (including phenoxy) is 1. The summed E-state index contributed by atoms with van der Waals surface area (Å²) in [6.45, 7) is 9.73. The van der Waals surface area contributed by atoms with Crippen molar-refractivity contribution < 1.29 is 9.53 Å². The Hall–Kier alpha value is -1.59. The van der Waals surface area contributed by atoms with Gasteiger partial charge in [0, 0.05) is 45.0 Å². The molecule has 0 radical (unpaired) electrons. The van der Waals surface area contributed by atoms with Gasteiger partial charge in [-0.25, -0.2) is 0 Å². The van der Waals surface area contributed by atoms with Gasteiger partial charge in [-0.05, 0) is 32.4 Å². The van der Waals surface area contributed by atoms with Crippen LogP contribution >= 0.6 is 0 Å². The van der Waals surface area contributed by atoms with Crippen molar-refractivity contribution in [2.75, 3.05) is 50.8 Å². The van der Waals surface area contributed by atoms with E-state index >= 15 is 0 Å². The largest absolute Gasteiger partial charge is 0.379 e. The zero-order valence-electron chi connectivity index (χ0n) is 14.3. The van der Waals surface area contributed by atoms with Crippen LogP contribution in [0.4, 0.5) is 5.69 Å². The quantitative estimate of drug-likeness (QED) is 0.741. The molecule has 5 nitrogen and oxygen atoms in total. The van der Waals surface area contributed by atoms with Crippen LogP contribution in [0.3, 0.4) is 0 Å². The maximum absolute atomic E-state index is 12.0. The monoisotopic (exact) mass is 319 g/mol. The number of carbonyl (C=O) groups is 1. The van der Waals surface area contributed by atoms with E-state index in [1.165, 1.54) is 5.69 Å². The number of para-hydroxylation sites is 1. The van der Waals surface area contributed by atoms with Crippen LogP contribution < -0.4 is 10.2 Å². The molecule has 0 aliphatic carbocycles. The molecule has 128 valence electrons. The SMILES string of the molecule is CC(C)OCCCNC(=O)CN1CCN(c2ccccc2)CC1. The van der Waals surface area contributed by atoms with Crippen molar-refractivity contribution in [3.8, 4) is 0 Å². The minimum Gasteiger partial charge on any atom is -0.379 e. The van der Waals surface area contributed by atoms with Crippen LogP contribution in [-0.2, 0) is 9.53 Å². The second-order valence-corrected chi connectivity index (χ2v) is 6.22. The van der Waals surface area contributed by atoms with Crippen molar-refractivity contribution >= 4 is 11.6 Å². The fourth-order valence-electron chi connectivity index (χ4n) is 2.68. The summed E-state index contributed by atoms with van der Waals surface area (Å²) in [5.74, 6) is 0.114. The van der Waals surface area contributed by atoms with E-state index in [0.717, 1.165) is 32.6 Å². The molecule has 1 heterocycles. The van der Waals surface area contributed by atoms with Gasteiger partial charge in [-0.3, -0.25) is 9.69 Å². The third-order valence-electron chi connectivity index (χ3n) is 3.96. The predicted octanol–water partition coefficient (Wildman–Crippen LogP) is 1.74. The molecule has 2 rings (SSSR count). The molecule has 0 unspecified atom stereocenters. The van der Waals surface area contributed by atoms with Gasteiger partial charge in [0.15, 0.2) is 0 Å². The Kier molecular flexibility index (Phi) is 7.36. The standard InChI is InChI=1S/C18H29N3O2/c1-16(2)23-14-6-9-19-18(22)15-20-10-12-21(13-11-20)17-7-4-3-5-8-17/h3-5,7-8,16H,6,9-15H2,1-2H3,(H,19,22). The van der Waals surface area contributed by atoms with Crippen LogP contribution in [0.25, 0.3) is 0 Å². The first-order chi connectivity index (χ1) is 11.1. The fraction of sp³-hybridized carbons (Fsp3) is 0.611. The van der Waals surface area contributed by atoms with Gasteiger partial charge >= 0.3 is 0 Å². The van der Waals surface area contributed by atoms with Gasteiger partial charge in [0.05, 0.1) is 12.6 Å². The summed E-state index contributed by atoms with van der Waals surface area (Å²) in [5, 5.41) is 2.97. The van der Waals surface area contributed by atoms with Crippen molar-refractivity contribution in [3.05, 3.63) is 30.3 Å². The molecule has 1 aliphatic rings. The third kappa shape index (κ3) is 6.59. The number of hydrogen-bond donors (Lipinski definition) is 1. The fourth-order valence-corrected chi connectivity index (χ4v) is 2.68. The number of anilines is 1. The summed E-state index contributed by atoms with van der Waals surface area (Å²) in [7, 11) is 0. The molecule has 1 saturated heterocycles. The minimum absolute atomic E-state index is 0.114. The van der Waals surface area contributed by atoms with E-state index in [2.05, 4.69) is 39.4 Å². The maximum atomic E-state index is 12.0. The van der Waals surface area contributed by atoms with E-state index in [9.17, 15) is 4.79 Å². The van der Waals surface area contributed by atoms with E-state index in [0.29, 0.717) is 19.7 Å². The van der Waals surface area contributed by atoms with Gasteiger partial charge < -0.3 is 15.0 Å². The molecule has 0 aromatic heterocycles. The first-order valence-corrected chi connectivity index (χ1v) is 8.56. The van der Waals surface area contributed by atoms with Gasteiger partial charge in [0.2, 0.25) is 5.91 Å². The van der Waals surface area contributed by atoms with Crippen molar-refractivity contribution in [2.24, 2.45) is 0 Å². The Balaban J connectivity index is 1.59. The second kappa shape index (κ2) is 9.53. The summed E-state index contributed by atoms with van der Waals surface area (Å²) in [4.78, 5) is 16.5. The Labute approximate surface area is 139 Å². The summed E-state index contributed by atoms with van der Waals surface area (Å²) in [6.07, 6.45) is 1.12. The molecule has 1 fully saturated rings. The maximum Gasteiger partial charge on any atom is 0.234 e. The lowest BCUT2D eigenvalue weighted by Crippen LogP contribution is -2.49. The molecule has 0 atom stereocenters. The van der Waals surface area contributed by atoms with Crippen LogP contribution in [-0.4, -0.2) is 62.8 Å². The Morgan fingerprint density at radius 2 is 1.87 bits per heavy atom. The number of hydrogen-bond acceptors (Lipinski definition) is 4. The molecule has 5 heteroatoms. The lowest BCUT2D eigenvalue weighted by molar-refractivity contribution is -0.122. The van der Waals surface area contributed by atoms with E-state index in [-0.39, 0.29) is 12.0 Å². The van der Waals surface area contributed by atoms with E-state index in [4.69, 9.17) is 4.74 Å². The molecule has 0 saturated carbocycles.